The van der Waals surface area contributed by atoms with Crippen LogP contribution in [0, 0.1) is 0 Å². The maximum absolute atomic E-state index is 5.66. The summed E-state index contributed by atoms with van der Waals surface area (Å²) in [7, 11) is 0. The van der Waals surface area contributed by atoms with Crippen molar-refractivity contribution in [3.05, 3.63) is 162 Å². The molecule has 12 rings (SSSR count). The number of aromatic nitrogens is 3. The quantitative estimate of drug-likeness (QED) is 0.184. The van der Waals surface area contributed by atoms with E-state index in [0.717, 1.165) is 35.4 Å². The summed E-state index contributed by atoms with van der Waals surface area (Å²) in [4.78, 5) is 11.0. The minimum atomic E-state index is 0.0576. The average molecular weight is 668 g/mol. The lowest BCUT2D eigenvalue weighted by molar-refractivity contribution is 0.716. The lowest BCUT2D eigenvalue weighted by Gasteiger charge is -2.21. The van der Waals surface area contributed by atoms with Gasteiger partial charge in [-0.25, -0.2) is 9.97 Å². The zero-order valence-electron chi connectivity index (χ0n) is 27.6. The highest BCUT2D eigenvalue weighted by molar-refractivity contribution is 7.25. The molecule has 11 aromatic rings. The first-order valence-electron chi connectivity index (χ1n) is 17.8. The van der Waals surface area contributed by atoms with E-state index in [4.69, 9.17) is 9.97 Å². The Morgan fingerprint density at radius 1 is 0.588 bits per heavy atom. The maximum atomic E-state index is 5.66. The molecule has 0 saturated heterocycles. The second-order valence-corrected chi connectivity index (χ2v) is 15.0. The smallest absolute Gasteiger partial charge is 0.160 e. The summed E-state index contributed by atoms with van der Waals surface area (Å²) in [5, 5.41) is 8.91. The van der Waals surface area contributed by atoms with Crippen molar-refractivity contribution in [2.75, 3.05) is 0 Å². The molecule has 3 nitrogen and oxygen atoms in total. The SMILES string of the molecule is c1ccc2c(c1)CCC(c1nc(-c3ccc4ccccc4c3)nc3c1sc1ccccc13)c1c-2cc2c3ccccc3n3c4ccccc4c1c23. The second kappa shape index (κ2) is 10.2. The van der Waals surface area contributed by atoms with E-state index in [9.17, 15) is 0 Å². The molecule has 0 bridgehead atoms. The highest BCUT2D eigenvalue weighted by Crippen LogP contribution is 2.52. The van der Waals surface area contributed by atoms with Crippen LogP contribution in [0.4, 0.5) is 0 Å². The fraction of sp³-hybridized carbons (Fsp3) is 0.0638. The van der Waals surface area contributed by atoms with Crippen LogP contribution in [-0.4, -0.2) is 14.4 Å². The van der Waals surface area contributed by atoms with E-state index in [0.29, 0.717) is 0 Å². The monoisotopic (exact) mass is 667 g/mol. The van der Waals surface area contributed by atoms with Crippen LogP contribution in [0.25, 0.3) is 91.7 Å². The van der Waals surface area contributed by atoms with Crippen molar-refractivity contribution in [3.8, 4) is 22.5 Å². The third-order valence-electron chi connectivity index (χ3n) is 11.4. The molecule has 4 heteroatoms. The van der Waals surface area contributed by atoms with Crippen molar-refractivity contribution >= 4 is 80.5 Å². The molecule has 0 N–H and O–H groups in total. The molecule has 0 radical (unpaired) electrons. The van der Waals surface area contributed by atoms with E-state index in [1.54, 1.807) is 0 Å². The number of fused-ring (bicyclic) bond motifs is 14. The first-order chi connectivity index (χ1) is 25.3. The van der Waals surface area contributed by atoms with Gasteiger partial charge in [-0.2, -0.15) is 0 Å². The molecule has 4 aromatic heterocycles. The predicted octanol–water partition coefficient (Wildman–Crippen LogP) is 12.6. The normalized spacial score (nSPS) is 14.7. The summed E-state index contributed by atoms with van der Waals surface area (Å²) in [5.74, 6) is 0.851. The second-order valence-electron chi connectivity index (χ2n) is 14.0. The van der Waals surface area contributed by atoms with Gasteiger partial charge in [0.15, 0.2) is 5.82 Å². The summed E-state index contributed by atoms with van der Waals surface area (Å²) >= 11 is 1.84. The number of benzene rings is 7. The number of hydrogen-bond donors (Lipinski definition) is 0. The molecule has 0 fully saturated rings. The molecule has 1 unspecified atom stereocenters. The van der Waals surface area contributed by atoms with Crippen LogP contribution in [0.15, 0.2) is 146 Å². The molecular weight excluding hydrogens is 639 g/mol. The fourth-order valence-corrected chi connectivity index (χ4v) is 10.3. The third-order valence-corrected chi connectivity index (χ3v) is 12.5. The lowest BCUT2D eigenvalue weighted by Crippen LogP contribution is -2.08. The molecule has 0 saturated carbocycles. The van der Waals surface area contributed by atoms with E-state index in [2.05, 4.69) is 150 Å². The van der Waals surface area contributed by atoms with Crippen molar-refractivity contribution in [2.45, 2.75) is 18.8 Å². The van der Waals surface area contributed by atoms with Gasteiger partial charge >= 0.3 is 0 Å². The summed E-state index contributed by atoms with van der Waals surface area (Å²) in [6.45, 7) is 0. The molecule has 7 aromatic carbocycles. The van der Waals surface area contributed by atoms with Gasteiger partial charge in [0.05, 0.1) is 32.5 Å². The third kappa shape index (κ3) is 3.77. The Hall–Kier alpha value is -6.10. The van der Waals surface area contributed by atoms with Crippen molar-refractivity contribution < 1.29 is 0 Å². The molecule has 4 heterocycles. The Morgan fingerprint density at radius 2 is 1.31 bits per heavy atom. The largest absolute Gasteiger partial charge is 0.308 e. The van der Waals surface area contributed by atoms with E-state index < -0.39 is 0 Å². The molecule has 238 valence electrons. The Morgan fingerprint density at radius 3 is 2.22 bits per heavy atom. The van der Waals surface area contributed by atoms with Crippen molar-refractivity contribution in [2.24, 2.45) is 0 Å². The molecule has 1 aliphatic rings. The van der Waals surface area contributed by atoms with Crippen LogP contribution in [0.2, 0.25) is 0 Å². The molecule has 0 amide bonds. The molecule has 0 spiro atoms. The zero-order valence-corrected chi connectivity index (χ0v) is 28.4. The van der Waals surface area contributed by atoms with Crippen LogP contribution in [0.3, 0.4) is 0 Å². The Labute approximate surface area is 297 Å². The first kappa shape index (κ1) is 27.7. The van der Waals surface area contributed by atoms with Gasteiger partial charge in [-0.1, -0.05) is 115 Å². The minimum absolute atomic E-state index is 0.0576. The standard InChI is InChI=1S/C47H29N3S/c1-2-13-29-25-30(22-21-27(29)11-1)47-48-43-34-17-7-10-20-40(34)51-46(43)44(49-47)35-24-23-28-12-3-4-14-31(28)36-26-37-32-15-5-8-18-38(32)50-39-19-9-6-16-33(39)42(41(35)36)45(37)50/h1-22,25-26,35H,23-24H2. The minimum Gasteiger partial charge on any atom is -0.308 e. The number of thiophene rings is 1. The van der Waals surface area contributed by atoms with E-state index in [1.165, 1.54) is 85.9 Å². The van der Waals surface area contributed by atoms with Gasteiger partial charge in [-0.15, -0.1) is 11.3 Å². The van der Waals surface area contributed by atoms with E-state index in [-0.39, 0.29) is 5.92 Å². The van der Waals surface area contributed by atoms with Gasteiger partial charge in [0.2, 0.25) is 0 Å². The summed E-state index contributed by atoms with van der Waals surface area (Å²) < 4.78 is 4.96. The van der Waals surface area contributed by atoms with Crippen molar-refractivity contribution in [1.29, 1.82) is 0 Å². The van der Waals surface area contributed by atoms with Gasteiger partial charge in [0, 0.05) is 43.1 Å². The molecule has 1 aliphatic carbocycles. The van der Waals surface area contributed by atoms with Gasteiger partial charge in [0.1, 0.15) is 0 Å². The van der Waals surface area contributed by atoms with E-state index in [1.807, 2.05) is 11.3 Å². The van der Waals surface area contributed by atoms with Gasteiger partial charge in [-0.3, -0.25) is 0 Å². The highest BCUT2D eigenvalue weighted by Gasteiger charge is 2.33. The maximum Gasteiger partial charge on any atom is 0.160 e. The molecular formula is C47H29N3S. The van der Waals surface area contributed by atoms with Gasteiger partial charge < -0.3 is 4.40 Å². The van der Waals surface area contributed by atoms with Crippen molar-refractivity contribution in [3.63, 3.8) is 0 Å². The summed E-state index contributed by atoms with van der Waals surface area (Å²) in [6.07, 6.45) is 1.94. The van der Waals surface area contributed by atoms with Crippen LogP contribution in [0.5, 0.6) is 0 Å². The van der Waals surface area contributed by atoms with Crippen LogP contribution in [-0.2, 0) is 6.42 Å². The van der Waals surface area contributed by atoms with Crippen LogP contribution < -0.4 is 0 Å². The number of hydrogen-bond acceptors (Lipinski definition) is 3. The Kier molecular flexibility index (Phi) is 5.55. The van der Waals surface area contributed by atoms with E-state index >= 15 is 0 Å². The molecule has 1 atom stereocenters. The average Bonchev–Trinajstić information content (AvgIpc) is 3.81. The highest BCUT2D eigenvalue weighted by atomic mass is 32.1. The van der Waals surface area contributed by atoms with Crippen LogP contribution in [0.1, 0.15) is 29.2 Å². The van der Waals surface area contributed by atoms with Gasteiger partial charge in [-0.05, 0) is 76.2 Å². The topological polar surface area (TPSA) is 30.2 Å². The number of aryl methyl sites for hydroxylation is 1. The van der Waals surface area contributed by atoms with Crippen molar-refractivity contribution in [1.82, 2.24) is 14.4 Å². The Bertz CT molecular complexity index is 3220. The predicted molar refractivity (Wildman–Crippen MR) is 215 cm³/mol. The summed E-state index contributed by atoms with van der Waals surface area (Å²) in [5.41, 5.74) is 12.5. The van der Waals surface area contributed by atoms with Gasteiger partial charge in [0.25, 0.3) is 0 Å². The fourth-order valence-electron chi connectivity index (χ4n) is 9.15. The first-order valence-corrected chi connectivity index (χ1v) is 18.6. The lowest BCUT2D eigenvalue weighted by atomic mass is 9.84. The van der Waals surface area contributed by atoms with Crippen LogP contribution >= 0.6 is 11.3 Å². The number of para-hydroxylation sites is 2. The zero-order chi connectivity index (χ0) is 33.2. The molecule has 51 heavy (non-hydrogen) atoms. The Balaban J connectivity index is 1.25. The number of nitrogens with zero attached hydrogens (tertiary/aromatic N) is 3. The molecule has 0 aliphatic heterocycles. The number of rotatable bonds is 2. The summed E-state index contributed by atoms with van der Waals surface area (Å²) in [6, 6.07) is 53.4.